The largest absolute Gasteiger partial charge is 0.457 e. The zero-order valence-electron chi connectivity index (χ0n) is 31.1. The van der Waals surface area contributed by atoms with Gasteiger partial charge in [-0.15, -0.1) is 0 Å². The van der Waals surface area contributed by atoms with E-state index in [9.17, 15) is 0 Å². The van der Waals surface area contributed by atoms with Crippen LogP contribution in [0.5, 0.6) is 11.5 Å². The maximum atomic E-state index is 6.75. The van der Waals surface area contributed by atoms with Gasteiger partial charge < -0.3 is 9.64 Å². The summed E-state index contributed by atoms with van der Waals surface area (Å²) in [6, 6.07) is 77.7. The second-order valence-electron chi connectivity index (χ2n) is 15.2. The van der Waals surface area contributed by atoms with Gasteiger partial charge in [-0.25, -0.2) is 0 Å². The number of ether oxygens (including phenoxy) is 1. The van der Waals surface area contributed by atoms with Crippen molar-refractivity contribution in [2.24, 2.45) is 0 Å². The highest BCUT2D eigenvalue weighted by atomic mass is 16.5. The smallest absolute Gasteiger partial charge is 0.132 e. The van der Waals surface area contributed by atoms with E-state index in [-0.39, 0.29) is 0 Å². The molecule has 0 amide bonds. The Morgan fingerprint density at radius 1 is 0.351 bits per heavy atom. The lowest BCUT2D eigenvalue weighted by atomic mass is 9.58. The summed E-state index contributed by atoms with van der Waals surface area (Å²) in [6.07, 6.45) is 0. The van der Waals surface area contributed by atoms with Crippen molar-refractivity contribution >= 4 is 49.4 Å². The molecule has 1 aliphatic carbocycles. The summed E-state index contributed by atoms with van der Waals surface area (Å²) in [7, 11) is 0. The second kappa shape index (κ2) is 12.3. The number of fused-ring (bicyclic) bond motifs is 10. The summed E-state index contributed by atoms with van der Waals surface area (Å²) in [5.74, 6) is 1.77. The van der Waals surface area contributed by atoms with Gasteiger partial charge in [-0.05, 0) is 103 Å². The van der Waals surface area contributed by atoms with Crippen LogP contribution in [0.25, 0.3) is 54.6 Å². The third-order valence-electron chi connectivity index (χ3n) is 12.3. The van der Waals surface area contributed by atoms with E-state index < -0.39 is 5.41 Å². The molecule has 2 aliphatic rings. The van der Waals surface area contributed by atoms with Gasteiger partial charge in [-0.2, -0.15) is 0 Å². The number of nitrogens with zero attached hydrogens (tertiary/aromatic N) is 1. The maximum Gasteiger partial charge on any atom is 0.132 e. The van der Waals surface area contributed by atoms with Crippen molar-refractivity contribution < 1.29 is 4.74 Å². The van der Waals surface area contributed by atoms with Crippen molar-refractivity contribution in [1.29, 1.82) is 0 Å². The van der Waals surface area contributed by atoms with Gasteiger partial charge in [0.1, 0.15) is 11.5 Å². The van der Waals surface area contributed by atoms with Crippen LogP contribution >= 0.6 is 0 Å². The Bertz CT molecular complexity index is 3180. The van der Waals surface area contributed by atoms with Crippen LogP contribution in [0.4, 0.5) is 17.1 Å². The third-order valence-corrected chi connectivity index (χ3v) is 12.3. The van der Waals surface area contributed by atoms with Crippen LogP contribution in [0, 0.1) is 0 Å². The Hall–Kier alpha value is -7.42. The van der Waals surface area contributed by atoms with Gasteiger partial charge in [-0.3, -0.25) is 0 Å². The number of rotatable bonds is 4. The van der Waals surface area contributed by atoms with Crippen molar-refractivity contribution in [2.75, 3.05) is 4.90 Å². The van der Waals surface area contributed by atoms with Gasteiger partial charge in [0.25, 0.3) is 0 Å². The van der Waals surface area contributed by atoms with E-state index in [2.05, 4.69) is 217 Å². The Labute approximate surface area is 331 Å². The Morgan fingerprint density at radius 2 is 0.947 bits per heavy atom. The molecule has 0 N–H and O–H groups in total. The normalized spacial score (nSPS) is 13.2. The number of para-hydroxylation sites is 2. The minimum Gasteiger partial charge on any atom is -0.457 e. The first kappa shape index (κ1) is 31.9. The molecule has 10 aromatic carbocycles. The van der Waals surface area contributed by atoms with Gasteiger partial charge in [0.15, 0.2) is 0 Å². The predicted octanol–water partition coefficient (Wildman–Crippen LogP) is 14.8. The molecule has 0 atom stereocenters. The summed E-state index contributed by atoms with van der Waals surface area (Å²) in [5.41, 5.74) is 12.4. The van der Waals surface area contributed by atoms with Crippen molar-refractivity contribution in [2.45, 2.75) is 5.41 Å². The van der Waals surface area contributed by atoms with E-state index in [1.165, 1.54) is 65.7 Å². The molecule has 2 nitrogen and oxygen atoms in total. The summed E-state index contributed by atoms with van der Waals surface area (Å²) in [4.78, 5) is 2.47. The molecule has 12 rings (SSSR count). The Morgan fingerprint density at radius 3 is 1.77 bits per heavy atom. The molecule has 2 heteroatoms. The third kappa shape index (κ3) is 4.59. The predicted molar refractivity (Wildman–Crippen MR) is 236 cm³/mol. The molecule has 0 bridgehead atoms. The highest BCUT2D eigenvalue weighted by molar-refractivity contribution is 6.08. The SMILES string of the molecule is c1ccc(-c2cccc3c(N(c4ccc5c(c4)C4(c6ccccc6Oc6ccccc64)c4cccc6cccc-5c46)c4ccc5ccccc5c4)cccc23)cc1. The highest BCUT2D eigenvalue weighted by Gasteiger charge is 2.49. The number of benzene rings is 10. The molecule has 1 spiro atoms. The first-order valence-corrected chi connectivity index (χ1v) is 19.7. The van der Waals surface area contributed by atoms with Crippen LogP contribution in [0.2, 0.25) is 0 Å². The van der Waals surface area contributed by atoms with Gasteiger partial charge in [0.2, 0.25) is 0 Å². The Kier molecular flexibility index (Phi) is 6.88. The van der Waals surface area contributed by atoms with E-state index in [0.717, 1.165) is 39.7 Å². The van der Waals surface area contributed by atoms with E-state index >= 15 is 0 Å². The highest BCUT2D eigenvalue weighted by Crippen LogP contribution is 2.61. The number of hydrogen-bond acceptors (Lipinski definition) is 2. The molecular weight excluding hydrogens is 691 g/mol. The first-order chi connectivity index (χ1) is 28.3. The lowest BCUT2D eigenvalue weighted by Gasteiger charge is -2.45. The Balaban J connectivity index is 1.19. The molecule has 1 heterocycles. The summed E-state index contributed by atoms with van der Waals surface area (Å²) in [6.45, 7) is 0. The fraction of sp³-hybridized carbons (Fsp3) is 0.0182. The molecule has 0 saturated heterocycles. The molecule has 266 valence electrons. The summed E-state index contributed by atoms with van der Waals surface area (Å²) in [5, 5.41) is 7.36. The zero-order chi connectivity index (χ0) is 37.5. The van der Waals surface area contributed by atoms with Crippen molar-refractivity contribution in [3.63, 3.8) is 0 Å². The van der Waals surface area contributed by atoms with Gasteiger partial charge in [-0.1, -0.05) is 170 Å². The van der Waals surface area contributed by atoms with Gasteiger partial charge in [0, 0.05) is 27.9 Å². The topological polar surface area (TPSA) is 12.5 Å². The summed E-state index contributed by atoms with van der Waals surface area (Å²) >= 11 is 0. The lowest BCUT2D eigenvalue weighted by Crippen LogP contribution is -2.36. The first-order valence-electron chi connectivity index (χ1n) is 19.7. The van der Waals surface area contributed by atoms with Crippen LogP contribution in [0.3, 0.4) is 0 Å². The van der Waals surface area contributed by atoms with E-state index in [0.29, 0.717) is 0 Å². The van der Waals surface area contributed by atoms with E-state index in [4.69, 9.17) is 4.74 Å². The number of hydrogen-bond donors (Lipinski definition) is 0. The molecule has 0 radical (unpaired) electrons. The van der Waals surface area contributed by atoms with Gasteiger partial charge >= 0.3 is 0 Å². The molecule has 1 aliphatic heterocycles. The van der Waals surface area contributed by atoms with Crippen LogP contribution in [0.15, 0.2) is 212 Å². The second-order valence-corrected chi connectivity index (χ2v) is 15.2. The average Bonchev–Trinajstić information content (AvgIpc) is 3.28. The lowest BCUT2D eigenvalue weighted by molar-refractivity contribution is 0.435. The van der Waals surface area contributed by atoms with Crippen LogP contribution in [-0.2, 0) is 5.41 Å². The maximum absolute atomic E-state index is 6.75. The molecule has 57 heavy (non-hydrogen) atoms. The van der Waals surface area contributed by atoms with E-state index in [1.807, 2.05) is 0 Å². The molecule has 0 fully saturated rings. The minimum atomic E-state index is -0.640. The number of anilines is 3. The fourth-order valence-corrected chi connectivity index (χ4v) is 9.92. The monoisotopic (exact) mass is 725 g/mol. The van der Waals surface area contributed by atoms with Crippen LogP contribution in [0.1, 0.15) is 22.3 Å². The molecule has 10 aromatic rings. The standard InChI is InChI=1S/C55H35NO/c1-2-15-37(16-3-1)42-20-12-22-45-43(42)21-13-27-51(45)56(40-31-30-36-14-4-5-17-39(36)34-40)41-32-33-44-46-23-10-18-38-19-11-26-49(54(38)46)55(50(44)35-41)47-24-6-8-28-52(47)57-53-29-9-7-25-48(53)55/h1-35H. The zero-order valence-corrected chi connectivity index (χ0v) is 31.1. The molecule has 0 saturated carbocycles. The van der Waals surface area contributed by atoms with Crippen molar-refractivity contribution in [3.05, 3.63) is 235 Å². The van der Waals surface area contributed by atoms with Crippen LogP contribution < -0.4 is 9.64 Å². The molecular formula is C55H35NO. The van der Waals surface area contributed by atoms with Gasteiger partial charge in [0.05, 0.1) is 11.1 Å². The van der Waals surface area contributed by atoms with Crippen molar-refractivity contribution in [1.82, 2.24) is 0 Å². The molecule has 0 unspecified atom stereocenters. The summed E-state index contributed by atoms with van der Waals surface area (Å²) < 4.78 is 6.75. The quantitative estimate of drug-likeness (QED) is 0.179. The van der Waals surface area contributed by atoms with Crippen molar-refractivity contribution in [3.8, 4) is 33.8 Å². The minimum absolute atomic E-state index is 0.640. The molecule has 0 aromatic heterocycles. The fourth-order valence-electron chi connectivity index (χ4n) is 9.92. The van der Waals surface area contributed by atoms with Crippen LogP contribution in [-0.4, -0.2) is 0 Å². The van der Waals surface area contributed by atoms with E-state index in [1.54, 1.807) is 0 Å². The average molecular weight is 726 g/mol.